The fourth-order valence-corrected chi connectivity index (χ4v) is 2.69. The van der Waals surface area contributed by atoms with E-state index in [0.717, 1.165) is 25.9 Å². The summed E-state index contributed by atoms with van der Waals surface area (Å²) in [5.41, 5.74) is 2.58. The molecule has 1 aromatic rings. The zero-order valence-corrected chi connectivity index (χ0v) is 12.8. The lowest BCUT2D eigenvalue weighted by molar-refractivity contribution is 0.441. The first-order chi connectivity index (χ1) is 8.69. The predicted octanol–water partition coefficient (Wildman–Crippen LogP) is 3.53. The van der Waals surface area contributed by atoms with Crippen molar-refractivity contribution in [2.45, 2.75) is 39.7 Å². The van der Waals surface area contributed by atoms with Gasteiger partial charge in [0.25, 0.3) is 0 Å². The Hall–Kier alpha value is -1.22. The number of aryl methyl sites for hydroxylation is 1. The van der Waals surface area contributed by atoms with Gasteiger partial charge in [-0.05, 0) is 45.2 Å². The highest BCUT2D eigenvalue weighted by atomic mass is 35.5. The molecule has 4 heteroatoms. The summed E-state index contributed by atoms with van der Waals surface area (Å²) in [7, 11) is 0. The minimum absolute atomic E-state index is 0. The molecule has 0 fully saturated rings. The number of hydrogen-bond acceptors (Lipinski definition) is 1. The summed E-state index contributed by atoms with van der Waals surface area (Å²) in [5, 5.41) is 8.45. The molecule has 0 saturated carbocycles. The van der Waals surface area contributed by atoms with E-state index in [2.05, 4.69) is 54.8 Å². The number of halogens is 1. The van der Waals surface area contributed by atoms with Gasteiger partial charge in [-0.25, -0.2) is 0 Å². The summed E-state index contributed by atoms with van der Waals surface area (Å²) in [5.74, 6) is 0.639. The molecule has 0 amide bonds. The average Bonchev–Trinajstić information content (AvgIpc) is 2.39. The molecule has 1 atom stereocenters. The van der Waals surface area contributed by atoms with Crippen LogP contribution in [-0.4, -0.2) is 30.0 Å². The average molecular weight is 282 g/mol. The highest BCUT2D eigenvalue weighted by molar-refractivity contribution is 5.95. The molecule has 3 nitrogen and oxygen atoms in total. The highest BCUT2D eigenvalue weighted by Gasteiger charge is 2.27. The molecule has 0 aromatic heterocycles. The van der Waals surface area contributed by atoms with Crippen molar-refractivity contribution in [2.24, 2.45) is 0 Å². The Bertz CT molecular complexity index is 429. The van der Waals surface area contributed by atoms with Gasteiger partial charge in [0.15, 0.2) is 5.96 Å². The summed E-state index contributed by atoms with van der Waals surface area (Å²) in [6.07, 6.45) is 2.25. The van der Waals surface area contributed by atoms with Crippen molar-refractivity contribution in [1.82, 2.24) is 4.90 Å². The molecule has 2 rings (SSSR count). The smallest absolute Gasteiger partial charge is 0.198 e. The van der Waals surface area contributed by atoms with E-state index in [1.165, 1.54) is 11.3 Å². The summed E-state index contributed by atoms with van der Waals surface area (Å²) >= 11 is 0. The molecule has 1 aromatic carbocycles. The minimum atomic E-state index is 0. The van der Waals surface area contributed by atoms with Gasteiger partial charge >= 0.3 is 0 Å². The molecule has 1 unspecified atom stereocenters. The maximum absolute atomic E-state index is 8.45. The topological polar surface area (TPSA) is 30.3 Å². The van der Waals surface area contributed by atoms with Gasteiger partial charge in [-0.3, -0.25) is 5.41 Å². The number of rotatable bonds is 2. The van der Waals surface area contributed by atoms with E-state index in [0.29, 0.717) is 12.0 Å². The second kappa shape index (κ2) is 6.80. The maximum Gasteiger partial charge on any atom is 0.198 e. The van der Waals surface area contributed by atoms with E-state index in [9.17, 15) is 0 Å². The Kier molecular flexibility index (Phi) is 5.67. The molecule has 0 bridgehead atoms. The molecule has 1 N–H and O–H groups in total. The first-order valence-corrected chi connectivity index (χ1v) is 6.89. The molecule has 1 heterocycles. The van der Waals surface area contributed by atoms with Crippen molar-refractivity contribution in [3.05, 3.63) is 29.8 Å². The van der Waals surface area contributed by atoms with E-state index in [4.69, 9.17) is 5.41 Å². The molecule has 0 aliphatic carbocycles. The van der Waals surface area contributed by atoms with Crippen LogP contribution in [0.3, 0.4) is 0 Å². The summed E-state index contributed by atoms with van der Waals surface area (Å²) in [4.78, 5) is 4.30. The number of nitrogens with zero attached hydrogens (tertiary/aromatic N) is 2. The molecule has 0 radical (unpaired) electrons. The third kappa shape index (κ3) is 3.03. The molecule has 19 heavy (non-hydrogen) atoms. The van der Waals surface area contributed by atoms with Gasteiger partial charge in [0, 0.05) is 24.8 Å². The normalized spacial score (nSPS) is 17.4. The second-order valence-electron chi connectivity index (χ2n) is 4.88. The van der Waals surface area contributed by atoms with E-state index in [-0.39, 0.29) is 12.4 Å². The molecular weight excluding hydrogens is 258 g/mol. The van der Waals surface area contributed by atoms with Gasteiger partial charge < -0.3 is 9.80 Å². The lowest BCUT2D eigenvalue weighted by Crippen LogP contribution is -2.50. The molecule has 0 saturated heterocycles. The zero-order chi connectivity index (χ0) is 13.1. The van der Waals surface area contributed by atoms with Gasteiger partial charge in [-0.2, -0.15) is 0 Å². The van der Waals surface area contributed by atoms with Crippen molar-refractivity contribution in [1.29, 1.82) is 5.41 Å². The summed E-state index contributed by atoms with van der Waals surface area (Å²) < 4.78 is 0. The number of anilines is 1. The lowest BCUT2D eigenvalue weighted by atomic mass is 9.97. The van der Waals surface area contributed by atoms with Crippen LogP contribution >= 0.6 is 12.4 Å². The van der Waals surface area contributed by atoms with Crippen LogP contribution in [0.1, 0.15) is 32.8 Å². The largest absolute Gasteiger partial charge is 0.343 e. The third-order valence-corrected chi connectivity index (χ3v) is 3.81. The second-order valence-corrected chi connectivity index (χ2v) is 4.88. The van der Waals surface area contributed by atoms with Crippen molar-refractivity contribution in [3.63, 3.8) is 0 Å². The predicted molar refractivity (Wildman–Crippen MR) is 84.6 cm³/mol. The Labute approximate surface area is 122 Å². The van der Waals surface area contributed by atoms with E-state index >= 15 is 0 Å². The van der Waals surface area contributed by atoms with E-state index in [1.54, 1.807) is 0 Å². The number of benzene rings is 1. The van der Waals surface area contributed by atoms with E-state index < -0.39 is 0 Å². The van der Waals surface area contributed by atoms with Crippen LogP contribution in [-0.2, 0) is 6.42 Å². The van der Waals surface area contributed by atoms with Gasteiger partial charge in [0.2, 0.25) is 0 Å². The number of para-hydroxylation sites is 1. The fraction of sp³-hybridized carbons (Fsp3) is 0.533. The van der Waals surface area contributed by atoms with Crippen LogP contribution in [0, 0.1) is 5.41 Å². The Morgan fingerprint density at radius 1 is 1.32 bits per heavy atom. The fourth-order valence-electron chi connectivity index (χ4n) is 2.69. The van der Waals surface area contributed by atoms with Gasteiger partial charge in [0.05, 0.1) is 0 Å². The van der Waals surface area contributed by atoms with Crippen LogP contribution in [0.5, 0.6) is 0 Å². The van der Waals surface area contributed by atoms with Gasteiger partial charge in [-0.15, -0.1) is 12.4 Å². The Morgan fingerprint density at radius 3 is 2.58 bits per heavy atom. The van der Waals surface area contributed by atoms with Gasteiger partial charge in [0.1, 0.15) is 0 Å². The first kappa shape index (κ1) is 15.8. The van der Waals surface area contributed by atoms with Crippen LogP contribution < -0.4 is 4.90 Å². The van der Waals surface area contributed by atoms with E-state index in [1.807, 2.05) is 0 Å². The van der Waals surface area contributed by atoms with Crippen molar-refractivity contribution >= 4 is 24.1 Å². The summed E-state index contributed by atoms with van der Waals surface area (Å²) in [6, 6.07) is 8.90. The molecule has 1 aliphatic heterocycles. The number of guanidine groups is 1. The Balaban J connectivity index is 0.00000180. The van der Waals surface area contributed by atoms with Crippen molar-refractivity contribution in [3.8, 4) is 0 Å². The molecule has 0 spiro atoms. The number of hydrogen-bond donors (Lipinski definition) is 1. The van der Waals surface area contributed by atoms with Crippen LogP contribution in [0.25, 0.3) is 0 Å². The van der Waals surface area contributed by atoms with Crippen LogP contribution in [0.2, 0.25) is 0 Å². The SMILES string of the molecule is CCN(CC)C(=N)N1c2ccccc2CCC1C.Cl. The first-order valence-electron chi connectivity index (χ1n) is 6.89. The molecule has 1 aliphatic rings. The van der Waals surface area contributed by atoms with Crippen LogP contribution in [0.15, 0.2) is 24.3 Å². The standard InChI is InChI=1S/C15H23N3.ClH/c1-4-17(5-2)15(16)18-12(3)10-11-13-8-6-7-9-14(13)18;/h6-9,12,16H,4-5,10-11H2,1-3H3;1H. The zero-order valence-electron chi connectivity index (χ0n) is 12.0. The minimum Gasteiger partial charge on any atom is -0.343 e. The monoisotopic (exact) mass is 281 g/mol. The highest BCUT2D eigenvalue weighted by Crippen LogP contribution is 2.30. The van der Waals surface area contributed by atoms with Crippen molar-refractivity contribution in [2.75, 3.05) is 18.0 Å². The number of fused-ring (bicyclic) bond motifs is 1. The molecule has 106 valence electrons. The summed E-state index contributed by atoms with van der Waals surface area (Å²) in [6.45, 7) is 8.21. The Morgan fingerprint density at radius 2 is 1.95 bits per heavy atom. The number of nitrogens with one attached hydrogen (secondary N) is 1. The van der Waals surface area contributed by atoms with Crippen molar-refractivity contribution < 1.29 is 0 Å². The van der Waals surface area contributed by atoms with Crippen LogP contribution in [0.4, 0.5) is 5.69 Å². The lowest BCUT2D eigenvalue weighted by Gasteiger charge is -2.40. The quantitative estimate of drug-likeness (QED) is 0.664. The van der Waals surface area contributed by atoms with Gasteiger partial charge in [-0.1, -0.05) is 18.2 Å². The molecular formula is C15H24ClN3. The maximum atomic E-state index is 8.45. The third-order valence-electron chi connectivity index (χ3n) is 3.81.